The van der Waals surface area contributed by atoms with Gasteiger partial charge >= 0.3 is 5.97 Å². The first-order chi connectivity index (χ1) is 9.02. The Balaban J connectivity index is 2.44. The monoisotopic (exact) mass is 283 g/mol. The Morgan fingerprint density at radius 3 is 2.74 bits per heavy atom. The molecule has 2 N–H and O–H groups in total. The maximum atomic E-state index is 12.3. The zero-order chi connectivity index (χ0) is 14.0. The molecule has 7 nitrogen and oxygen atoms in total. The van der Waals surface area contributed by atoms with E-state index in [1.165, 1.54) is 6.07 Å². The zero-order valence-corrected chi connectivity index (χ0v) is 11.1. The van der Waals surface area contributed by atoms with Crippen LogP contribution in [-0.4, -0.2) is 37.7 Å². The number of hydrazone groups is 1. The lowest BCUT2D eigenvalue weighted by Gasteiger charge is -2.16. The first kappa shape index (κ1) is 13.3. The van der Waals surface area contributed by atoms with Gasteiger partial charge in [0.25, 0.3) is 10.0 Å². The molecule has 0 radical (unpaired) electrons. The molecule has 8 heteroatoms. The summed E-state index contributed by atoms with van der Waals surface area (Å²) in [5, 5.41) is 3.47. The van der Waals surface area contributed by atoms with E-state index < -0.39 is 22.5 Å². The predicted octanol–water partition coefficient (Wildman–Crippen LogP) is -0.126. The number of nitrogens with two attached hydrogens (primary N) is 1. The smallest absolute Gasteiger partial charge is 0.326 e. The van der Waals surface area contributed by atoms with Crippen molar-refractivity contribution in [1.29, 1.82) is 0 Å². The van der Waals surface area contributed by atoms with E-state index in [9.17, 15) is 13.2 Å². The molecule has 0 atom stereocenters. The summed E-state index contributed by atoms with van der Waals surface area (Å²) in [6.07, 6.45) is 0. The van der Waals surface area contributed by atoms with Gasteiger partial charge in [0.2, 0.25) is 0 Å². The Kier molecular flexibility index (Phi) is 3.43. The highest BCUT2D eigenvalue weighted by atomic mass is 32.2. The summed E-state index contributed by atoms with van der Waals surface area (Å²) >= 11 is 0. The first-order valence-electron chi connectivity index (χ1n) is 5.58. The van der Waals surface area contributed by atoms with E-state index in [1.807, 2.05) is 0 Å². The summed E-state index contributed by atoms with van der Waals surface area (Å²) in [6.45, 7) is 1.37. The average Bonchev–Trinajstić information content (AvgIpc) is 2.59. The molecule has 1 aromatic rings. The predicted molar refractivity (Wildman–Crippen MR) is 67.7 cm³/mol. The Morgan fingerprint density at radius 1 is 1.42 bits per heavy atom. The molecule has 2 rings (SSSR count). The molecule has 1 aliphatic rings. The molecule has 0 fully saturated rings. The standard InChI is InChI=1S/C11H13N3O4S/c1-2-18-10(15)7-14-11(13-12)8-5-3-4-6-9(8)19(14,16)17/h3-6H,2,7,12H2,1H3. The number of hydrogen-bond donors (Lipinski definition) is 1. The van der Waals surface area contributed by atoms with Crippen molar-refractivity contribution in [2.45, 2.75) is 11.8 Å². The molecule has 0 saturated heterocycles. The third kappa shape index (κ3) is 2.14. The minimum absolute atomic E-state index is 0.0450. The molecule has 0 aliphatic carbocycles. The van der Waals surface area contributed by atoms with Gasteiger partial charge in [0, 0.05) is 5.56 Å². The van der Waals surface area contributed by atoms with Crippen LogP contribution in [0.2, 0.25) is 0 Å². The molecule has 0 amide bonds. The van der Waals surface area contributed by atoms with Crippen LogP contribution >= 0.6 is 0 Å². The summed E-state index contributed by atoms with van der Waals surface area (Å²) in [4.78, 5) is 11.6. The fraction of sp³-hybridized carbons (Fsp3) is 0.273. The SMILES string of the molecule is CCOC(=O)CN1C(=NN)c2ccccc2S1(=O)=O. The quantitative estimate of drug-likeness (QED) is 0.473. The Bertz CT molecular complexity index is 639. The van der Waals surface area contributed by atoms with Crippen LogP contribution < -0.4 is 5.84 Å². The number of fused-ring (bicyclic) bond motifs is 1. The number of rotatable bonds is 3. The van der Waals surface area contributed by atoms with Gasteiger partial charge in [-0.2, -0.15) is 5.10 Å². The summed E-state index contributed by atoms with van der Waals surface area (Å²) in [5.41, 5.74) is 0.384. The molecule has 0 spiro atoms. The van der Waals surface area contributed by atoms with Gasteiger partial charge in [-0.25, -0.2) is 12.7 Å². The van der Waals surface area contributed by atoms with Crippen LogP contribution in [-0.2, 0) is 19.6 Å². The Morgan fingerprint density at radius 2 is 2.11 bits per heavy atom. The second kappa shape index (κ2) is 4.88. The van der Waals surface area contributed by atoms with Crippen molar-refractivity contribution in [3.8, 4) is 0 Å². The number of carbonyl (C=O) groups excluding carboxylic acids is 1. The molecule has 0 bridgehead atoms. The van der Waals surface area contributed by atoms with Gasteiger partial charge in [-0.15, -0.1) is 0 Å². The molecule has 1 aliphatic heterocycles. The maximum absolute atomic E-state index is 12.3. The van der Waals surface area contributed by atoms with Gasteiger partial charge in [0.1, 0.15) is 6.54 Å². The minimum Gasteiger partial charge on any atom is -0.465 e. The number of sulfonamides is 1. The highest BCUT2D eigenvalue weighted by molar-refractivity contribution is 7.90. The second-order valence-corrected chi connectivity index (χ2v) is 5.60. The molecule has 1 aromatic carbocycles. The molecule has 0 saturated carbocycles. The molecular formula is C11H13N3O4S. The number of hydrogen-bond acceptors (Lipinski definition) is 6. The summed E-state index contributed by atoms with van der Waals surface area (Å²) < 4.78 is 30.2. The first-order valence-corrected chi connectivity index (χ1v) is 7.02. The van der Waals surface area contributed by atoms with E-state index >= 15 is 0 Å². The highest BCUT2D eigenvalue weighted by Gasteiger charge is 2.40. The fourth-order valence-electron chi connectivity index (χ4n) is 1.86. The maximum Gasteiger partial charge on any atom is 0.326 e. The van der Waals surface area contributed by atoms with Gasteiger partial charge in [0.05, 0.1) is 11.5 Å². The Hall–Kier alpha value is -2.09. The zero-order valence-electron chi connectivity index (χ0n) is 10.2. The van der Waals surface area contributed by atoms with E-state index in [0.717, 1.165) is 4.31 Å². The number of benzene rings is 1. The molecule has 0 unspecified atom stereocenters. The van der Waals surface area contributed by atoms with Gasteiger partial charge in [-0.3, -0.25) is 4.79 Å². The lowest BCUT2D eigenvalue weighted by atomic mass is 10.2. The van der Waals surface area contributed by atoms with Gasteiger partial charge in [-0.05, 0) is 19.1 Å². The van der Waals surface area contributed by atoms with Crippen molar-refractivity contribution < 1.29 is 17.9 Å². The third-order valence-electron chi connectivity index (χ3n) is 2.63. The lowest BCUT2D eigenvalue weighted by Crippen LogP contribution is -2.36. The van der Waals surface area contributed by atoms with E-state index in [2.05, 4.69) is 5.10 Å². The normalized spacial score (nSPS) is 18.4. The van der Waals surface area contributed by atoms with Crippen molar-refractivity contribution >= 4 is 21.8 Å². The van der Waals surface area contributed by atoms with Crippen LogP contribution in [0.5, 0.6) is 0 Å². The third-order valence-corrected chi connectivity index (χ3v) is 4.43. The average molecular weight is 283 g/mol. The molecule has 1 heterocycles. The van der Waals surface area contributed by atoms with Gasteiger partial charge in [0.15, 0.2) is 5.84 Å². The number of ether oxygens (including phenoxy) is 1. The van der Waals surface area contributed by atoms with Gasteiger partial charge in [-0.1, -0.05) is 12.1 Å². The van der Waals surface area contributed by atoms with Crippen molar-refractivity contribution in [1.82, 2.24) is 4.31 Å². The summed E-state index contributed by atoms with van der Waals surface area (Å²) in [5.74, 6) is 4.63. The number of esters is 1. The Labute approximate surface area is 110 Å². The van der Waals surface area contributed by atoms with Crippen molar-refractivity contribution in [2.75, 3.05) is 13.2 Å². The van der Waals surface area contributed by atoms with Crippen LogP contribution in [0.3, 0.4) is 0 Å². The summed E-state index contributed by atoms with van der Waals surface area (Å²) in [7, 11) is -3.80. The molecular weight excluding hydrogens is 270 g/mol. The topological polar surface area (TPSA) is 102 Å². The van der Waals surface area contributed by atoms with Crippen molar-refractivity contribution in [3.05, 3.63) is 29.8 Å². The number of amidine groups is 1. The van der Waals surface area contributed by atoms with Crippen molar-refractivity contribution in [3.63, 3.8) is 0 Å². The van der Waals surface area contributed by atoms with E-state index in [4.69, 9.17) is 10.6 Å². The van der Waals surface area contributed by atoms with Crippen LogP contribution in [0.15, 0.2) is 34.3 Å². The minimum atomic E-state index is -3.80. The second-order valence-electron chi connectivity index (χ2n) is 3.77. The summed E-state index contributed by atoms with van der Waals surface area (Å²) in [6, 6.07) is 6.30. The van der Waals surface area contributed by atoms with Crippen LogP contribution in [0.1, 0.15) is 12.5 Å². The van der Waals surface area contributed by atoms with E-state index in [1.54, 1.807) is 25.1 Å². The van der Waals surface area contributed by atoms with Crippen molar-refractivity contribution in [2.24, 2.45) is 10.9 Å². The lowest BCUT2D eigenvalue weighted by molar-refractivity contribution is -0.142. The number of carbonyl (C=O) groups is 1. The van der Waals surface area contributed by atoms with Crippen LogP contribution in [0, 0.1) is 0 Å². The molecule has 0 aromatic heterocycles. The highest BCUT2D eigenvalue weighted by Crippen LogP contribution is 2.30. The number of nitrogens with zero attached hydrogens (tertiary/aromatic N) is 2. The van der Waals surface area contributed by atoms with E-state index in [-0.39, 0.29) is 17.3 Å². The van der Waals surface area contributed by atoms with Crippen LogP contribution in [0.25, 0.3) is 0 Å². The molecule has 102 valence electrons. The molecule has 19 heavy (non-hydrogen) atoms. The van der Waals surface area contributed by atoms with E-state index in [0.29, 0.717) is 5.56 Å². The van der Waals surface area contributed by atoms with Crippen LogP contribution in [0.4, 0.5) is 0 Å². The fourth-order valence-corrected chi connectivity index (χ4v) is 3.43. The van der Waals surface area contributed by atoms with Gasteiger partial charge < -0.3 is 10.6 Å². The largest absolute Gasteiger partial charge is 0.465 e.